The molecule has 2 rings (SSSR count). The number of benzene rings is 2. The third-order valence-corrected chi connectivity index (χ3v) is 5.08. The van der Waals surface area contributed by atoms with Crippen LogP contribution in [0.2, 0.25) is 5.02 Å². The Hall–Kier alpha value is -2.05. The number of nitrogens with zero attached hydrogens (tertiary/aromatic N) is 1. The van der Waals surface area contributed by atoms with Crippen LogP contribution in [-0.2, 0) is 21.2 Å². The molecule has 0 aliphatic carbocycles. The van der Waals surface area contributed by atoms with Crippen molar-refractivity contribution in [2.24, 2.45) is 0 Å². The average Bonchev–Trinajstić information content (AvgIpc) is 2.58. The Morgan fingerprint density at radius 1 is 1.08 bits per heavy atom. The van der Waals surface area contributed by atoms with Crippen molar-refractivity contribution in [3.05, 3.63) is 65.2 Å². The van der Waals surface area contributed by atoms with Gasteiger partial charge in [-0.3, -0.25) is 9.10 Å². The van der Waals surface area contributed by atoms with Crippen LogP contribution in [0.1, 0.15) is 12.0 Å². The summed E-state index contributed by atoms with van der Waals surface area (Å²) in [5.74, 6) is -0.103. The van der Waals surface area contributed by atoms with Crippen molar-refractivity contribution in [3.63, 3.8) is 0 Å². The van der Waals surface area contributed by atoms with Crippen LogP contribution in [0.3, 0.4) is 0 Å². The second-order valence-electron chi connectivity index (χ2n) is 5.65. The third-order valence-electron chi connectivity index (χ3n) is 3.64. The highest BCUT2D eigenvalue weighted by Crippen LogP contribution is 2.19. The number of rotatable bonds is 8. The molecule has 0 spiro atoms. The number of sulfonamides is 1. The van der Waals surface area contributed by atoms with Crippen molar-refractivity contribution >= 4 is 33.2 Å². The molecule has 2 aromatic carbocycles. The van der Waals surface area contributed by atoms with E-state index in [9.17, 15) is 13.2 Å². The number of halogens is 1. The Kier molecular flexibility index (Phi) is 6.84. The molecule has 5 nitrogen and oxygen atoms in total. The summed E-state index contributed by atoms with van der Waals surface area (Å²) < 4.78 is 25.2. The first-order valence-corrected chi connectivity index (χ1v) is 10.1. The van der Waals surface area contributed by atoms with E-state index in [1.807, 2.05) is 30.3 Å². The van der Waals surface area contributed by atoms with Gasteiger partial charge in [-0.25, -0.2) is 8.42 Å². The number of carbonyl (C=O) groups is 1. The predicted octanol–water partition coefficient (Wildman–Crippen LogP) is 2.86. The van der Waals surface area contributed by atoms with Crippen LogP contribution in [0.25, 0.3) is 0 Å². The lowest BCUT2D eigenvalue weighted by molar-refractivity contribution is -0.120. The lowest BCUT2D eigenvalue weighted by Gasteiger charge is -2.22. The normalized spacial score (nSPS) is 11.1. The van der Waals surface area contributed by atoms with Crippen LogP contribution in [0, 0.1) is 0 Å². The summed E-state index contributed by atoms with van der Waals surface area (Å²) in [6, 6.07) is 16.3. The molecular formula is C18H21ClN2O3S. The first kappa shape index (κ1) is 19.3. The van der Waals surface area contributed by atoms with Gasteiger partial charge in [0.05, 0.1) is 18.5 Å². The summed E-state index contributed by atoms with van der Waals surface area (Å²) in [4.78, 5) is 11.9. The lowest BCUT2D eigenvalue weighted by atomic mass is 10.1. The summed E-state index contributed by atoms with van der Waals surface area (Å²) in [5, 5.41) is 3.30. The van der Waals surface area contributed by atoms with Gasteiger partial charge in [0.15, 0.2) is 0 Å². The molecule has 0 unspecified atom stereocenters. The Morgan fingerprint density at radius 2 is 1.72 bits per heavy atom. The molecule has 2 aromatic rings. The Morgan fingerprint density at radius 3 is 2.32 bits per heavy atom. The number of carbonyl (C=O) groups excluding carboxylic acids is 1. The minimum absolute atomic E-state index is 0.103. The van der Waals surface area contributed by atoms with Gasteiger partial charge in [0.2, 0.25) is 15.9 Å². The van der Waals surface area contributed by atoms with Crippen LogP contribution in [0.15, 0.2) is 54.6 Å². The largest absolute Gasteiger partial charge is 0.354 e. The topological polar surface area (TPSA) is 66.5 Å². The molecule has 0 bridgehead atoms. The molecule has 134 valence electrons. The summed E-state index contributed by atoms with van der Waals surface area (Å²) in [5.41, 5.74) is 1.61. The molecule has 1 N–H and O–H groups in total. The molecule has 0 aromatic heterocycles. The number of anilines is 1. The van der Waals surface area contributed by atoms with E-state index in [-0.39, 0.29) is 19.0 Å². The highest BCUT2D eigenvalue weighted by atomic mass is 35.5. The molecule has 0 atom stereocenters. The van der Waals surface area contributed by atoms with E-state index in [0.717, 1.165) is 11.8 Å². The second-order valence-corrected chi connectivity index (χ2v) is 7.99. The Bertz CT molecular complexity index is 793. The first-order valence-electron chi connectivity index (χ1n) is 7.90. The van der Waals surface area contributed by atoms with Gasteiger partial charge in [-0.1, -0.05) is 41.9 Å². The van der Waals surface area contributed by atoms with Crippen molar-refractivity contribution in [2.45, 2.75) is 12.8 Å². The van der Waals surface area contributed by atoms with Gasteiger partial charge in [-0.2, -0.15) is 0 Å². The van der Waals surface area contributed by atoms with E-state index in [2.05, 4.69) is 5.32 Å². The summed E-state index contributed by atoms with van der Waals surface area (Å²) >= 11 is 5.84. The van der Waals surface area contributed by atoms with Crippen LogP contribution < -0.4 is 9.62 Å². The minimum Gasteiger partial charge on any atom is -0.354 e. The van der Waals surface area contributed by atoms with Gasteiger partial charge in [0, 0.05) is 18.0 Å². The standard InChI is InChI=1S/C18H21ClN2O3S/c1-25(23,24)21(17-10-8-16(19)9-11-17)14-13-20-18(22)12-7-15-5-3-2-4-6-15/h2-6,8-11H,7,12-14H2,1H3,(H,20,22). The third kappa shape index (κ3) is 6.40. The number of hydrogen-bond acceptors (Lipinski definition) is 3. The van der Waals surface area contributed by atoms with Crippen molar-refractivity contribution in [2.75, 3.05) is 23.7 Å². The summed E-state index contributed by atoms with van der Waals surface area (Å²) in [6.07, 6.45) is 2.16. The van der Waals surface area contributed by atoms with Crippen LogP contribution in [0.5, 0.6) is 0 Å². The Balaban J connectivity index is 1.86. The van der Waals surface area contributed by atoms with E-state index in [1.54, 1.807) is 24.3 Å². The zero-order chi connectivity index (χ0) is 18.3. The molecule has 0 fully saturated rings. The van der Waals surface area contributed by atoms with Gasteiger partial charge < -0.3 is 5.32 Å². The van der Waals surface area contributed by atoms with Crippen molar-refractivity contribution in [1.29, 1.82) is 0 Å². The van der Waals surface area contributed by atoms with Gasteiger partial charge >= 0.3 is 0 Å². The first-order chi connectivity index (χ1) is 11.9. The molecule has 25 heavy (non-hydrogen) atoms. The fraction of sp³-hybridized carbons (Fsp3) is 0.278. The summed E-state index contributed by atoms with van der Waals surface area (Å²) in [7, 11) is -3.45. The second kappa shape index (κ2) is 8.87. The van der Waals surface area contributed by atoms with Gasteiger partial charge in [0.1, 0.15) is 0 Å². The molecule has 0 saturated carbocycles. The highest BCUT2D eigenvalue weighted by Gasteiger charge is 2.17. The van der Waals surface area contributed by atoms with Gasteiger partial charge in [0.25, 0.3) is 0 Å². The minimum atomic E-state index is -3.45. The maximum atomic E-state index is 12.0. The lowest BCUT2D eigenvalue weighted by Crippen LogP contribution is -2.38. The van der Waals surface area contributed by atoms with Crippen LogP contribution in [0.4, 0.5) is 5.69 Å². The zero-order valence-electron chi connectivity index (χ0n) is 14.0. The van der Waals surface area contributed by atoms with Crippen molar-refractivity contribution < 1.29 is 13.2 Å². The van der Waals surface area contributed by atoms with Crippen LogP contribution >= 0.6 is 11.6 Å². The van der Waals surface area contributed by atoms with E-state index >= 15 is 0 Å². The maximum Gasteiger partial charge on any atom is 0.232 e. The van der Waals surface area contributed by atoms with Crippen molar-refractivity contribution in [3.8, 4) is 0 Å². The molecule has 7 heteroatoms. The number of nitrogens with one attached hydrogen (secondary N) is 1. The van der Waals surface area contributed by atoms with E-state index in [0.29, 0.717) is 23.6 Å². The number of amides is 1. The molecule has 0 aliphatic rings. The molecule has 0 heterocycles. The highest BCUT2D eigenvalue weighted by molar-refractivity contribution is 7.92. The van der Waals surface area contributed by atoms with E-state index in [4.69, 9.17) is 11.6 Å². The van der Waals surface area contributed by atoms with Crippen LogP contribution in [-0.4, -0.2) is 33.7 Å². The zero-order valence-corrected chi connectivity index (χ0v) is 15.6. The quantitative estimate of drug-likeness (QED) is 0.765. The molecule has 0 radical (unpaired) electrons. The van der Waals surface area contributed by atoms with Crippen molar-refractivity contribution in [1.82, 2.24) is 5.32 Å². The molecule has 0 aliphatic heterocycles. The maximum absolute atomic E-state index is 12.0. The van der Waals surface area contributed by atoms with Gasteiger partial charge in [-0.15, -0.1) is 0 Å². The number of aryl methyl sites for hydroxylation is 1. The summed E-state index contributed by atoms with van der Waals surface area (Å²) in [6.45, 7) is 0.404. The monoisotopic (exact) mass is 380 g/mol. The van der Waals surface area contributed by atoms with E-state index in [1.165, 1.54) is 4.31 Å². The Labute approximate surface area is 153 Å². The molecular weight excluding hydrogens is 360 g/mol. The molecule has 0 saturated heterocycles. The smallest absolute Gasteiger partial charge is 0.232 e. The van der Waals surface area contributed by atoms with Gasteiger partial charge in [-0.05, 0) is 36.2 Å². The van der Waals surface area contributed by atoms with E-state index < -0.39 is 10.0 Å². The number of hydrogen-bond donors (Lipinski definition) is 1. The molecule has 1 amide bonds. The fourth-order valence-corrected chi connectivity index (χ4v) is 3.44. The average molecular weight is 381 g/mol. The SMILES string of the molecule is CS(=O)(=O)N(CCNC(=O)CCc1ccccc1)c1ccc(Cl)cc1. The fourth-order valence-electron chi connectivity index (χ4n) is 2.38. The predicted molar refractivity (Wildman–Crippen MR) is 101 cm³/mol.